The maximum absolute atomic E-state index is 5.45. The summed E-state index contributed by atoms with van der Waals surface area (Å²) in [6.07, 6.45) is 7.63. The Hall–Kier alpha value is -1.02. The second kappa shape index (κ2) is 7.62. The van der Waals surface area contributed by atoms with Gasteiger partial charge < -0.3 is 10.6 Å². The topological polar surface area (TPSA) is 29.3 Å². The van der Waals surface area contributed by atoms with Gasteiger partial charge >= 0.3 is 0 Å². The van der Waals surface area contributed by atoms with Crippen LogP contribution in [0.25, 0.3) is 0 Å². The van der Waals surface area contributed by atoms with Crippen molar-refractivity contribution in [3.05, 3.63) is 37.2 Å². The van der Waals surface area contributed by atoms with Crippen LogP contribution < -0.4 is 5.73 Å². The normalized spacial score (nSPS) is 11.1. The van der Waals surface area contributed by atoms with Gasteiger partial charge in [0.15, 0.2) is 0 Å². The molecule has 0 aromatic rings. The average molecular weight is 180 g/mol. The summed E-state index contributed by atoms with van der Waals surface area (Å²) in [4.78, 5) is 2.12. The first-order valence-electron chi connectivity index (χ1n) is 4.71. The summed E-state index contributed by atoms with van der Waals surface area (Å²) in [6.45, 7) is 11.2. The number of nitrogens with zero attached hydrogens (tertiary/aromatic N) is 1. The van der Waals surface area contributed by atoms with E-state index >= 15 is 0 Å². The first-order valence-corrected chi connectivity index (χ1v) is 4.71. The second-order valence-electron chi connectivity index (χ2n) is 2.77. The molecular weight excluding hydrogens is 160 g/mol. The maximum Gasteiger partial charge on any atom is 0.0234 e. The van der Waals surface area contributed by atoms with Crippen molar-refractivity contribution in [1.82, 2.24) is 4.90 Å². The molecule has 2 heteroatoms. The number of allylic oxidation sites excluding steroid dienone is 3. The standard InChI is InChI=1S/C11H20N2/c1-4-8-11(5-2)13(6-3)10-7-9-12/h4,6,8H,1,3,5,7,9-10,12H2,2H3/b11-8+. The van der Waals surface area contributed by atoms with Crippen LogP contribution in [-0.4, -0.2) is 18.0 Å². The number of hydrogen-bond acceptors (Lipinski definition) is 2. The van der Waals surface area contributed by atoms with E-state index in [1.807, 2.05) is 12.3 Å². The van der Waals surface area contributed by atoms with E-state index < -0.39 is 0 Å². The van der Waals surface area contributed by atoms with Crippen molar-refractivity contribution in [2.75, 3.05) is 13.1 Å². The van der Waals surface area contributed by atoms with Gasteiger partial charge in [0.2, 0.25) is 0 Å². The van der Waals surface area contributed by atoms with Crippen molar-refractivity contribution in [3.63, 3.8) is 0 Å². The largest absolute Gasteiger partial charge is 0.352 e. The molecule has 0 aliphatic carbocycles. The van der Waals surface area contributed by atoms with Crippen molar-refractivity contribution in [2.45, 2.75) is 19.8 Å². The molecule has 0 spiro atoms. The van der Waals surface area contributed by atoms with E-state index in [-0.39, 0.29) is 0 Å². The molecule has 2 nitrogen and oxygen atoms in total. The summed E-state index contributed by atoms with van der Waals surface area (Å²) in [6, 6.07) is 0. The molecule has 74 valence electrons. The van der Waals surface area contributed by atoms with Crippen molar-refractivity contribution in [3.8, 4) is 0 Å². The molecule has 0 fully saturated rings. The van der Waals surface area contributed by atoms with Gasteiger partial charge in [0.25, 0.3) is 0 Å². The van der Waals surface area contributed by atoms with E-state index in [0.29, 0.717) is 0 Å². The highest BCUT2D eigenvalue weighted by molar-refractivity contribution is 5.11. The van der Waals surface area contributed by atoms with Crippen molar-refractivity contribution in [1.29, 1.82) is 0 Å². The molecule has 0 saturated heterocycles. The predicted molar refractivity (Wildman–Crippen MR) is 59.1 cm³/mol. The maximum atomic E-state index is 5.45. The third-order valence-electron chi connectivity index (χ3n) is 1.86. The van der Waals surface area contributed by atoms with Crippen molar-refractivity contribution in [2.24, 2.45) is 5.73 Å². The van der Waals surface area contributed by atoms with Gasteiger partial charge in [0.1, 0.15) is 0 Å². The van der Waals surface area contributed by atoms with E-state index in [1.165, 1.54) is 5.70 Å². The lowest BCUT2D eigenvalue weighted by atomic mass is 10.2. The molecule has 0 radical (unpaired) electrons. The van der Waals surface area contributed by atoms with Gasteiger partial charge in [-0.15, -0.1) is 0 Å². The number of rotatable bonds is 7. The lowest BCUT2D eigenvalue weighted by Gasteiger charge is -2.21. The van der Waals surface area contributed by atoms with E-state index in [4.69, 9.17) is 5.73 Å². The highest BCUT2D eigenvalue weighted by atomic mass is 15.1. The summed E-state index contributed by atoms with van der Waals surface area (Å²) in [5, 5.41) is 0. The van der Waals surface area contributed by atoms with Crippen molar-refractivity contribution < 1.29 is 0 Å². The monoisotopic (exact) mass is 180 g/mol. The molecule has 0 bridgehead atoms. The number of nitrogens with two attached hydrogens (primary N) is 1. The van der Waals surface area contributed by atoms with Gasteiger partial charge in [-0.25, -0.2) is 0 Å². The van der Waals surface area contributed by atoms with Gasteiger partial charge in [0, 0.05) is 12.2 Å². The lowest BCUT2D eigenvalue weighted by Crippen LogP contribution is -2.19. The summed E-state index contributed by atoms with van der Waals surface area (Å²) < 4.78 is 0. The molecule has 13 heavy (non-hydrogen) atoms. The fourth-order valence-corrected chi connectivity index (χ4v) is 1.17. The van der Waals surface area contributed by atoms with Crippen LogP contribution in [0.15, 0.2) is 37.2 Å². The molecule has 0 saturated carbocycles. The zero-order valence-corrected chi connectivity index (χ0v) is 8.50. The van der Waals surface area contributed by atoms with E-state index in [1.54, 1.807) is 6.08 Å². The molecular formula is C11H20N2. The minimum absolute atomic E-state index is 0.718. The Bertz CT molecular complexity index is 183. The average Bonchev–Trinajstić information content (AvgIpc) is 2.17. The SMILES string of the molecule is C=C/C=C(\CC)N(C=C)CCCN. The van der Waals surface area contributed by atoms with Crippen LogP contribution in [0.2, 0.25) is 0 Å². The summed E-state index contributed by atoms with van der Waals surface area (Å²) >= 11 is 0. The molecule has 0 aliphatic heterocycles. The molecule has 0 aliphatic rings. The highest BCUT2D eigenvalue weighted by Crippen LogP contribution is 2.09. The Labute approximate surface area is 81.4 Å². The smallest absolute Gasteiger partial charge is 0.0234 e. The number of hydrogen-bond donors (Lipinski definition) is 1. The highest BCUT2D eigenvalue weighted by Gasteiger charge is 2.01. The Kier molecular flexibility index (Phi) is 7.02. The van der Waals surface area contributed by atoms with Gasteiger partial charge in [-0.3, -0.25) is 0 Å². The molecule has 0 aromatic heterocycles. The van der Waals surface area contributed by atoms with Crippen LogP contribution >= 0.6 is 0 Å². The van der Waals surface area contributed by atoms with Crippen LogP contribution in [-0.2, 0) is 0 Å². The summed E-state index contributed by atoms with van der Waals surface area (Å²) in [5.74, 6) is 0. The minimum Gasteiger partial charge on any atom is -0.352 e. The third kappa shape index (κ3) is 4.53. The Morgan fingerprint density at radius 3 is 2.54 bits per heavy atom. The fourth-order valence-electron chi connectivity index (χ4n) is 1.17. The first-order chi connectivity index (χ1) is 6.29. The summed E-state index contributed by atoms with van der Waals surface area (Å²) in [7, 11) is 0. The molecule has 0 amide bonds. The molecule has 0 heterocycles. The van der Waals surface area contributed by atoms with Gasteiger partial charge in [-0.1, -0.05) is 26.2 Å². The quantitative estimate of drug-likeness (QED) is 0.609. The molecule has 2 N–H and O–H groups in total. The third-order valence-corrected chi connectivity index (χ3v) is 1.86. The zero-order chi connectivity index (χ0) is 10.1. The van der Waals surface area contributed by atoms with Crippen LogP contribution in [0.3, 0.4) is 0 Å². The minimum atomic E-state index is 0.718. The van der Waals surface area contributed by atoms with E-state index in [2.05, 4.69) is 25.0 Å². The first kappa shape index (κ1) is 12.0. The predicted octanol–water partition coefficient (Wildman–Crippen LogP) is 2.26. The molecule has 0 aromatic carbocycles. The van der Waals surface area contributed by atoms with Gasteiger partial charge in [-0.2, -0.15) is 0 Å². The van der Waals surface area contributed by atoms with E-state index in [9.17, 15) is 0 Å². The van der Waals surface area contributed by atoms with Crippen LogP contribution in [0, 0.1) is 0 Å². The zero-order valence-electron chi connectivity index (χ0n) is 8.50. The van der Waals surface area contributed by atoms with Gasteiger partial charge in [-0.05, 0) is 31.7 Å². The molecule has 0 unspecified atom stereocenters. The lowest BCUT2D eigenvalue weighted by molar-refractivity contribution is 0.443. The fraction of sp³-hybridized carbons (Fsp3) is 0.455. The van der Waals surface area contributed by atoms with Crippen LogP contribution in [0.4, 0.5) is 0 Å². The van der Waals surface area contributed by atoms with E-state index in [0.717, 1.165) is 25.9 Å². The van der Waals surface area contributed by atoms with Crippen LogP contribution in [0.1, 0.15) is 19.8 Å². The van der Waals surface area contributed by atoms with Gasteiger partial charge in [0.05, 0.1) is 0 Å². The molecule has 0 rings (SSSR count). The Morgan fingerprint density at radius 1 is 1.46 bits per heavy atom. The van der Waals surface area contributed by atoms with Crippen molar-refractivity contribution >= 4 is 0 Å². The molecule has 0 atom stereocenters. The Balaban J connectivity index is 4.24. The Morgan fingerprint density at radius 2 is 2.15 bits per heavy atom. The second-order valence-corrected chi connectivity index (χ2v) is 2.77. The summed E-state index contributed by atoms with van der Waals surface area (Å²) in [5.41, 5.74) is 6.68. The van der Waals surface area contributed by atoms with Crippen LogP contribution in [0.5, 0.6) is 0 Å².